The molecule has 0 unspecified atom stereocenters. The zero-order valence-electron chi connectivity index (χ0n) is 16.9. The molecule has 0 atom stereocenters. The van der Waals surface area contributed by atoms with Crippen molar-refractivity contribution in [2.45, 2.75) is 45.0 Å². The minimum atomic E-state index is -3.31. The van der Waals surface area contributed by atoms with Crippen LogP contribution in [0.25, 0.3) is 0 Å². The number of anilines is 1. The Kier molecular flexibility index (Phi) is 6.92. The quantitative estimate of drug-likeness (QED) is 0.739. The minimum absolute atomic E-state index is 0.0382. The standard InChI is InChI=1S/C22H28N2O4S/c1-17(2)28-21-8-6-7-20(15-21)23-22(25)19-11-9-18(10-12-19)16-29(26,27)24-13-4-3-5-14-24/h6-12,15,17H,3-5,13-14,16H2,1-2H3,(H,23,25). The second-order valence-corrected chi connectivity index (χ2v) is 9.53. The van der Waals surface area contributed by atoms with Crippen LogP contribution in [0.15, 0.2) is 48.5 Å². The highest BCUT2D eigenvalue weighted by molar-refractivity contribution is 7.88. The number of benzene rings is 2. The molecule has 1 aliphatic rings. The van der Waals surface area contributed by atoms with Crippen LogP contribution >= 0.6 is 0 Å². The second kappa shape index (κ2) is 9.41. The maximum Gasteiger partial charge on any atom is 0.255 e. The molecule has 1 heterocycles. The first kappa shape index (κ1) is 21.3. The smallest absolute Gasteiger partial charge is 0.255 e. The summed E-state index contributed by atoms with van der Waals surface area (Å²) in [5.41, 5.74) is 1.80. The summed E-state index contributed by atoms with van der Waals surface area (Å²) in [6.07, 6.45) is 2.97. The van der Waals surface area contributed by atoms with Crippen LogP contribution in [-0.4, -0.2) is 37.8 Å². The van der Waals surface area contributed by atoms with Crippen LogP contribution in [0.3, 0.4) is 0 Å². The molecule has 0 aliphatic carbocycles. The van der Waals surface area contributed by atoms with Gasteiger partial charge < -0.3 is 10.1 Å². The van der Waals surface area contributed by atoms with Crippen LogP contribution in [-0.2, 0) is 15.8 Å². The van der Waals surface area contributed by atoms with Gasteiger partial charge in [-0.15, -0.1) is 0 Å². The highest BCUT2D eigenvalue weighted by atomic mass is 32.2. The van der Waals surface area contributed by atoms with Gasteiger partial charge in [0.2, 0.25) is 10.0 Å². The maximum absolute atomic E-state index is 12.6. The van der Waals surface area contributed by atoms with Crippen molar-refractivity contribution in [2.75, 3.05) is 18.4 Å². The molecule has 2 aromatic rings. The van der Waals surface area contributed by atoms with Gasteiger partial charge >= 0.3 is 0 Å². The van der Waals surface area contributed by atoms with E-state index in [1.165, 1.54) is 0 Å². The van der Waals surface area contributed by atoms with Gasteiger partial charge in [0.05, 0.1) is 11.9 Å². The fraction of sp³-hybridized carbons (Fsp3) is 0.409. The van der Waals surface area contributed by atoms with Crippen molar-refractivity contribution >= 4 is 21.6 Å². The molecule has 1 saturated heterocycles. The molecule has 1 aliphatic heterocycles. The number of sulfonamides is 1. The number of ether oxygens (including phenoxy) is 1. The zero-order valence-corrected chi connectivity index (χ0v) is 17.7. The van der Waals surface area contributed by atoms with E-state index in [2.05, 4.69) is 5.32 Å². The van der Waals surface area contributed by atoms with Gasteiger partial charge in [0.15, 0.2) is 0 Å². The number of carbonyl (C=O) groups excluding carboxylic acids is 1. The predicted molar refractivity (Wildman–Crippen MR) is 115 cm³/mol. The molecule has 3 rings (SSSR count). The summed E-state index contributed by atoms with van der Waals surface area (Å²) in [5, 5.41) is 2.85. The van der Waals surface area contributed by atoms with Crippen molar-refractivity contribution < 1.29 is 17.9 Å². The molecule has 1 N–H and O–H groups in total. The van der Waals surface area contributed by atoms with Crippen LogP contribution in [0.2, 0.25) is 0 Å². The third-order valence-electron chi connectivity index (χ3n) is 4.74. The highest BCUT2D eigenvalue weighted by Crippen LogP contribution is 2.20. The Hall–Kier alpha value is -2.38. The fourth-order valence-corrected chi connectivity index (χ4v) is 4.93. The molecule has 1 fully saturated rings. The first-order valence-electron chi connectivity index (χ1n) is 9.98. The van der Waals surface area contributed by atoms with Gasteiger partial charge in [0.25, 0.3) is 5.91 Å². The summed E-state index contributed by atoms with van der Waals surface area (Å²) in [4.78, 5) is 12.5. The molecule has 0 aromatic heterocycles. The predicted octanol–water partition coefficient (Wildman–Crippen LogP) is 4.04. The summed E-state index contributed by atoms with van der Waals surface area (Å²) in [7, 11) is -3.31. The van der Waals surface area contributed by atoms with E-state index in [4.69, 9.17) is 4.74 Å². The van der Waals surface area contributed by atoms with Gasteiger partial charge in [0, 0.05) is 30.4 Å². The van der Waals surface area contributed by atoms with E-state index in [0.29, 0.717) is 35.7 Å². The number of hydrogen-bond acceptors (Lipinski definition) is 4. The van der Waals surface area contributed by atoms with E-state index in [-0.39, 0.29) is 17.8 Å². The van der Waals surface area contributed by atoms with E-state index in [9.17, 15) is 13.2 Å². The number of nitrogens with one attached hydrogen (secondary N) is 1. The van der Waals surface area contributed by atoms with Crippen molar-refractivity contribution in [3.63, 3.8) is 0 Å². The molecule has 156 valence electrons. The van der Waals surface area contributed by atoms with E-state index in [1.54, 1.807) is 40.7 Å². The van der Waals surface area contributed by atoms with Crippen LogP contribution in [0.5, 0.6) is 5.75 Å². The van der Waals surface area contributed by atoms with Crippen LogP contribution in [0.4, 0.5) is 5.69 Å². The lowest BCUT2D eigenvalue weighted by atomic mass is 10.1. The lowest BCUT2D eigenvalue weighted by molar-refractivity contribution is 0.102. The number of piperidine rings is 1. The normalized spacial score (nSPS) is 15.3. The summed E-state index contributed by atoms with van der Waals surface area (Å²) >= 11 is 0. The number of rotatable bonds is 7. The molecule has 0 saturated carbocycles. The monoisotopic (exact) mass is 416 g/mol. The first-order chi connectivity index (χ1) is 13.8. The average molecular weight is 417 g/mol. The Labute approximate surface area is 172 Å². The molecule has 1 amide bonds. The first-order valence-corrected chi connectivity index (χ1v) is 11.6. The largest absolute Gasteiger partial charge is 0.491 e. The van der Waals surface area contributed by atoms with Crippen molar-refractivity contribution in [2.24, 2.45) is 0 Å². The third-order valence-corrected chi connectivity index (χ3v) is 6.59. The van der Waals surface area contributed by atoms with Crippen molar-refractivity contribution in [3.8, 4) is 5.75 Å². The van der Waals surface area contributed by atoms with Crippen LogP contribution in [0.1, 0.15) is 49.0 Å². The molecule has 6 nitrogen and oxygen atoms in total. The van der Waals surface area contributed by atoms with Crippen molar-refractivity contribution in [3.05, 3.63) is 59.7 Å². The van der Waals surface area contributed by atoms with E-state index in [1.807, 2.05) is 26.0 Å². The Morgan fingerprint density at radius 1 is 1.07 bits per heavy atom. The number of amides is 1. The number of nitrogens with zero attached hydrogens (tertiary/aromatic N) is 1. The lowest BCUT2D eigenvalue weighted by Gasteiger charge is -2.25. The highest BCUT2D eigenvalue weighted by Gasteiger charge is 2.24. The Morgan fingerprint density at radius 3 is 2.41 bits per heavy atom. The zero-order chi connectivity index (χ0) is 20.9. The Balaban J connectivity index is 1.63. The summed E-state index contributed by atoms with van der Waals surface area (Å²) in [6, 6.07) is 14.0. The molecule has 0 bridgehead atoms. The Bertz CT molecular complexity index is 934. The number of hydrogen-bond donors (Lipinski definition) is 1. The van der Waals surface area contributed by atoms with Gasteiger partial charge in [-0.1, -0.05) is 24.6 Å². The lowest BCUT2D eigenvalue weighted by Crippen LogP contribution is -2.36. The average Bonchev–Trinajstić information content (AvgIpc) is 2.69. The van der Waals surface area contributed by atoms with E-state index < -0.39 is 10.0 Å². The SMILES string of the molecule is CC(C)Oc1cccc(NC(=O)c2ccc(CS(=O)(=O)N3CCCCC3)cc2)c1. The van der Waals surface area contributed by atoms with Crippen molar-refractivity contribution in [1.29, 1.82) is 0 Å². The maximum atomic E-state index is 12.6. The molecule has 0 radical (unpaired) electrons. The molecule has 7 heteroatoms. The van der Waals surface area contributed by atoms with E-state index in [0.717, 1.165) is 19.3 Å². The van der Waals surface area contributed by atoms with Crippen LogP contribution in [0, 0.1) is 0 Å². The third kappa shape index (κ3) is 6.05. The summed E-state index contributed by atoms with van der Waals surface area (Å²) < 4.78 is 32.3. The minimum Gasteiger partial charge on any atom is -0.491 e. The topological polar surface area (TPSA) is 75.7 Å². The van der Waals surface area contributed by atoms with Gasteiger partial charge in [0.1, 0.15) is 5.75 Å². The molecular weight excluding hydrogens is 388 g/mol. The molecule has 29 heavy (non-hydrogen) atoms. The molecular formula is C22H28N2O4S. The Morgan fingerprint density at radius 2 is 1.76 bits per heavy atom. The second-order valence-electron chi connectivity index (χ2n) is 7.56. The van der Waals surface area contributed by atoms with Gasteiger partial charge in [-0.25, -0.2) is 12.7 Å². The van der Waals surface area contributed by atoms with Gasteiger partial charge in [-0.2, -0.15) is 0 Å². The number of carbonyl (C=O) groups is 1. The molecule has 2 aromatic carbocycles. The van der Waals surface area contributed by atoms with Gasteiger partial charge in [-0.05, 0) is 56.5 Å². The van der Waals surface area contributed by atoms with Crippen molar-refractivity contribution in [1.82, 2.24) is 4.31 Å². The van der Waals surface area contributed by atoms with E-state index >= 15 is 0 Å². The van der Waals surface area contributed by atoms with Crippen LogP contribution < -0.4 is 10.1 Å². The summed E-state index contributed by atoms with van der Waals surface area (Å²) in [6.45, 7) is 5.08. The molecule has 0 spiro atoms. The fourth-order valence-electron chi connectivity index (χ4n) is 3.32. The van der Waals surface area contributed by atoms with Gasteiger partial charge in [-0.3, -0.25) is 4.79 Å². The summed E-state index contributed by atoms with van der Waals surface area (Å²) in [5.74, 6) is 0.400.